The number of carbonyl (C=O) groups is 3. The van der Waals surface area contributed by atoms with E-state index in [9.17, 15) is 14.4 Å². The number of benzene rings is 3. The number of aromatic nitrogens is 2. The van der Waals surface area contributed by atoms with Crippen molar-refractivity contribution in [2.75, 3.05) is 36.0 Å². The number of para-hydroxylation sites is 2. The average molecular weight is 498 g/mol. The molecule has 1 aromatic heterocycles. The van der Waals surface area contributed by atoms with Crippen LogP contribution in [0.2, 0.25) is 0 Å². The van der Waals surface area contributed by atoms with E-state index < -0.39 is 17.4 Å². The maximum Gasteiger partial charge on any atom is 0.410 e. The van der Waals surface area contributed by atoms with Gasteiger partial charge in [-0.15, -0.1) is 0 Å². The molecule has 0 bridgehead atoms. The number of rotatable bonds is 2. The van der Waals surface area contributed by atoms with Gasteiger partial charge in [0.25, 0.3) is 11.8 Å². The van der Waals surface area contributed by atoms with E-state index in [0.29, 0.717) is 48.2 Å². The van der Waals surface area contributed by atoms with Gasteiger partial charge in [-0.1, -0.05) is 24.3 Å². The molecule has 1 fully saturated rings. The van der Waals surface area contributed by atoms with Crippen LogP contribution in [0.25, 0.3) is 21.8 Å². The third kappa shape index (κ3) is 3.87. The van der Waals surface area contributed by atoms with Gasteiger partial charge in [0.1, 0.15) is 5.60 Å². The van der Waals surface area contributed by atoms with Crippen LogP contribution in [-0.2, 0) is 4.74 Å². The molecule has 0 radical (unpaired) electrons. The van der Waals surface area contributed by atoms with Crippen LogP contribution in [0.4, 0.5) is 16.4 Å². The molecule has 0 unspecified atom stereocenters. The van der Waals surface area contributed by atoms with Gasteiger partial charge in [-0.05, 0) is 51.1 Å². The Bertz CT molecular complexity index is 1520. The molecule has 0 aliphatic carbocycles. The lowest BCUT2D eigenvalue weighted by Crippen LogP contribution is -2.50. The number of H-pyrrole nitrogens is 1. The van der Waals surface area contributed by atoms with Crippen molar-refractivity contribution < 1.29 is 19.1 Å². The Labute approximate surface area is 213 Å². The van der Waals surface area contributed by atoms with E-state index in [1.54, 1.807) is 17.0 Å². The fraction of sp³-hybridized carbons (Fsp3) is 0.286. The highest BCUT2D eigenvalue weighted by Gasteiger charge is 2.37. The molecule has 2 aliphatic rings. The summed E-state index contributed by atoms with van der Waals surface area (Å²) in [6.45, 7) is 7.85. The highest BCUT2D eigenvalue weighted by molar-refractivity contribution is 6.36. The molecule has 3 amide bonds. The van der Waals surface area contributed by atoms with E-state index in [2.05, 4.69) is 14.9 Å². The van der Waals surface area contributed by atoms with Crippen molar-refractivity contribution in [3.8, 4) is 0 Å². The molecule has 1 N–H and O–H groups in total. The third-order valence-electron chi connectivity index (χ3n) is 6.75. The first-order valence-corrected chi connectivity index (χ1v) is 12.3. The van der Waals surface area contributed by atoms with Crippen LogP contribution in [0.5, 0.6) is 0 Å². The van der Waals surface area contributed by atoms with E-state index in [-0.39, 0.29) is 12.0 Å². The summed E-state index contributed by atoms with van der Waals surface area (Å²) in [5.41, 5.74) is 2.75. The summed E-state index contributed by atoms with van der Waals surface area (Å²) in [4.78, 5) is 52.3. The Hall–Kier alpha value is -4.40. The normalized spacial score (nSPS) is 16.1. The number of ether oxygens (including phenoxy) is 1. The topological polar surface area (TPSA) is 98.8 Å². The van der Waals surface area contributed by atoms with Crippen LogP contribution in [0.3, 0.4) is 0 Å². The second-order valence-corrected chi connectivity index (χ2v) is 10.3. The minimum absolute atomic E-state index is 0.209. The number of nitrogens with zero attached hydrogens (tertiary/aromatic N) is 4. The number of hydrogen-bond acceptors (Lipinski definition) is 6. The number of nitrogens with one attached hydrogen (secondary N) is 1. The molecule has 188 valence electrons. The lowest BCUT2D eigenvalue weighted by atomic mass is 9.92. The molecule has 1 saturated heterocycles. The highest BCUT2D eigenvalue weighted by Crippen LogP contribution is 2.37. The van der Waals surface area contributed by atoms with Crippen LogP contribution in [0.1, 0.15) is 41.5 Å². The fourth-order valence-electron chi connectivity index (χ4n) is 5.05. The van der Waals surface area contributed by atoms with E-state index >= 15 is 0 Å². The molecule has 3 aromatic carbocycles. The number of piperazine rings is 1. The summed E-state index contributed by atoms with van der Waals surface area (Å²) in [6, 6.07) is 16.7. The highest BCUT2D eigenvalue weighted by atomic mass is 16.6. The van der Waals surface area contributed by atoms with Crippen molar-refractivity contribution in [2.24, 2.45) is 0 Å². The largest absolute Gasteiger partial charge is 0.444 e. The van der Waals surface area contributed by atoms with Gasteiger partial charge in [0.05, 0.1) is 11.0 Å². The molecule has 4 aromatic rings. The number of carbonyl (C=O) groups excluding carboxylic acids is 3. The lowest BCUT2D eigenvalue weighted by Gasteiger charge is -2.37. The lowest BCUT2D eigenvalue weighted by molar-refractivity contribution is 0.0240. The SMILES string of the molecule is CC(C)(C)OC(=O)N1CCN(c2ccc3c4c(cccc24)C(=O)N(c2nc4ccccc4[nH]2)C3=O)CC1. The van der Waals surface area contributed by atoms with Gasteiger partial charge < -0.3 is 19.5 Å². The summed E-state index contributed by atoms with van der Waals surface area (Å²) >= 11 is 0. The Morgan fingerprint density at radius 1 is 0.892 bits per heavy atom. The van der Waals surface area contributed by atoms with Crippen LogP contribution >= 0.6 is 0 Å². The Balaban J connectivity index is 1.32. The minimum atomic E-state index is -0.542. The van der Waals surface area contributed by atoms with Gasteiger partial charge in [-0.2, -0.15) is 0 Å². The van der Waals surface area contributed by atoms with Crippen LogP contribution in [-0.4, -0.2) is 64.6 Å². The Morgan fingerprint density at radius 3 is 2.30 bits per heavy atom. The molecular formula is C28H27N5O4. The number of aromatic amines is 1. The standard InChI is InChI=1S/C28H27N5O4/c1-28(2,3)37-27(36)32-15-13-31(14-16-32)22-12-11-19-23-17(22)7-6-8-18(23)24(34)33(25(19)35)26-29-20-9-4-5-10-21(20)30-26/h4-12H,13-16H2,1-3H3,(H,29,30). The van der Waals surface area contributed by atoms with E-state index in [1.165, 1.54) is 0 Å². The number of imide groups is 1. The molecule has 9 nitrogen and oxygen atoms in total. The first-order valence-electron chi connectivity index (χ1n) is 12.3. The molecule has 6 rings (SSSR count). The summed E-state index contributed by atoms with van der Waals surface area (Å²) in [7, 11) is 0. The number of anilines is 2. The van der Waals surface area contributed by atoms with E-state index in [0.717, 1.165) is 21.5 Å². The third-order valence-corrected chi connectivity index (χ3v) is 6.75. The predicted octanol–water partition coefficient (Wildman–Crippen LogP) is 4.57. The molecule has 9 heteroatoms. The zero-order valence-electron chi connectivity index (χ0n) is 20.9. The summed E-state index contributed by atoms with van der Waals surface area (Å²) in [5, 5.41) is 1.49. The maximum absolute atomic E-state index is 13.6. The summed E-state index contributed by atoms with van der Waals surface area (Å²) in [5.74, 6) is -0.607. The van der Waals surface area contributed by atoms with Crippen molar-refractivity contribution in [1.82, 2.24) is 14.9 Å². The molecule has 0 saturated carbocycles. The number of imidazole rings is 1. The van der Waals surface area contributed by atoms with Gasteiger partial charge in [0.15, 0.2) is 0 Å². The van der Waals surface area contributed by atoms with Crippen molar-refractivity contribution in [2.45, 2.75) is 26.4 Å². The number of fused-ring (bicyclic) bond motifs is 1. The van der Waals surface area contributed by atoms with Gasteiger partial charge in [-0.25, -0.2) is 14.7 Å². The van der Waals surface area contributed by atoms with Gasteiger partial charge in [-0.3, -0.25) is 9.59 Å². The summed E-state index contributed by atoms with van der Waals surface area (Å²) in [6.07, 6.45) is -0.314. The van der Waals surface area contributed by atoms with Crippen molar-refractivity contribution >= 4 is 51.3 Å². The van der Waals surface area contributed by atoms with Crippen LogP contribution < -0.4 is 9.80 Å². The predicted molar refractivity (Wildman–Crippen MR) is 141 cm³/mol. The minimum Gasteiger partial charge on any atom is -0.444 e. The molecule has 2 aliphatic heterocycles. The van der Waals surface area contributed by atoms with Crippen LogP contribution in [0, 0.1) is 0 Å². The van der Waals surface area contributed by atoms with E-state index in [1.807, 2.05) is 63.2 Å². The average Bonchev–Trinajstić information content (AvgIpc) is 3.30. The maximum atomic E-state index is 13.6. The van der Waals surface area contributed by atoms with Gasteiger partial charge in [0, 0.05) is 53.8 Å². The van der Waals surface area contributed by atoms with Crippen molar-refractivity contribution in [3.63, 3.8) is 0 Å². The Kier molecular flexibility index (Phi) is 5.18. The first kappa shape index (κ1) is 23.0. The van der Waals surface area contributed by atoms with Crippen LogP contribution in [0.15, 0.2) is 54.6 Å². The zero-order chi connectivity index (χ0) is 25.9. The number of hydrogen-bond donors (Lipinski definition) is 1. The second-order valence-electron chi connectivity index (χ2n) is 10.3. The van der Waals surface area contributed by atoms with Crippen molar-refractivity contribution in [1.29, 1.82) is 0 Å². The molecule has 0 spiro atoms. The molecule has 37 heavy (non-hydrogen) atoms. The fourth-order valence-corrected chi connectivity index (χ4v) is 5.05. The smallest absolute Gasteiger partial charge is 0.410 e. The van der Waals surface area contributed by atoms with Crippen molar-refractivity contribution in [3.05, 3.63) is 65.7 Å². The molecule has 0 atom stereocenters. The van der Waals surface area contributed by atoms with Gasteiger partial charge >= 0.3 is 6.09 Å². The zero-order valence-corrected chi connectivity index (χ0v) is 20.9. The monoisotopic (exact) mass is 497 g/mol. The Morgan fingerprint density at radius 2 is 1.59 bits per heavy atom. The second kappa shape index (κ2) is 8.33. The quantitative estimate of drug-likeness (QED) is 0.407. The number of amides is 3. The molecular weight excluding hydrogens is 470 g/mol. The van der Waals surface area contributed by atoms with E-state index in [4.69, 9.17) is 4.74 Å². The molecule has 3 heterocycles. The summed E-state index contributed by atoms with van der Waals surface area (Å²) < 4.78 is 5.51. The first-order chi connectivity index (χ1) is 17.7. The van der Waals surface area contributed by atoms with Gasteiger partial charge in [0.2, 0.25) is 5.95 Å².